The van der Waals surface area contributed by atoms with Gasteiger partial charge in [-0.15, -0.1) is 0 Å². The molecular formula is C63H51N. The summed E-state index contributed by atoms with van der Waals surface area (Å²) >= 11 is 0. The van der Waals surface area contributed by atoms with Crippen LogP contribution in [0.3, 0.4) is 0 Å². The second-order valence-electron chi connectivity index (χ2n) is 18.2. The Labute approximate surface area is 377 Å². The number of nitrogens with zero attached hydrogens (tertiary/aromatic N) is 1. The van der Waals surface area contributed by atoms with Crippen molar-refractivity contribution >= 4 is 38.5 Å². The van der Waals surface area contributed by atoms with E-state index >= 15 is 0 Å². The lowest BCUT2D eigenvalue weighted by molar-refractivity contribution is 0.353. The molecule has 1 heteroatoms. The Morgan fingerprint density at radius 3 is 2.06 bits per heavy atom. The van der Waals surface area contributed by atoms with E-state index in [1.807, 2.05) is 12.2 Å². The van der Waals surface area contributed by atoms with Crippen LogP contribution in [0.25, 0.3) is 49.4 Å². The van der Waals surface area contributed by atoms with Gasteiger partial charge in [0.1, 0.15) is 0 Å². The van der Waals surface area contributed by atoms with E-state index in [0.717, 1.165) is 12.8 Å². The summed E-state index contributed by atoms with van der Waals surface area (Å²) in [6.45, 7) is 3.97. The van der Waals surface area contributed by atoms with Crippen LogP contribution in [0.1, 0.15) is 72.8 Å². The number of benzene rings is 8. The van der Waals surface area contributed by atoms with E-state index in [2.05, 4.69) is 212 Å². The molecule has 308 valence electrons. The Bertz CT molecular complexity index is 3280. The van der Waals surface area contributed by atoms with Crippen LogP contribution in [0.15, 0.2) is 230 Å². The minimum absolute atomic E-state index is 0.0493. The summed E-state index contributed by atoms with van der Waals surface area (Å²) in [6, 6.07) is 66.4. The van der Waals surface area contributed by atoms with E-state index in [1.54, 1.807) is 0 Å². The van der Waals surface area contributed by atoms with E-state index in [1.165, 1.54) is 132 Å². The lowest BCUT2D eigenvalue weighted by Gasteiger charge is -2.37. The molecule has 0 radical (unpaired) electrons. The molecule has 8 aromatic carbocycles. The first-order valence-electron chi connectivity index (χ1n) is 23.3. The van der Waals surface area contributed by atoms with Crippen LogP contribution in [-0.4, -0.2) is 0 Å². The molecule has 4 aliphatic rings. The molecule has 0 bridgehead atoms. The summed E-state index contributed by atoms with van der Waals surface area (Å²) in [7, 11) is 0. The summed E-state index contributed by atoms with van der Waals surface area (Å²) in [6.07, 6.45) is 21.4. The van der Waals surface area contributed by atoms with Crippen LogP contribution < -0.4 is 4.90 Å². The molecule has 0 aromatic heterocycles. The molecule has 4 aliphatic carbocycles. The topological polar surface area (TPSA) is 3.24 Å². The molecule has 0 amide bonds. The van der Waals surface area contributed by atoms with Gasteiger partial charge in [-0.05, 0) is 133 Å². The Hall–Kier alpha value is -7.22. The first kappa shape index (κ1) is 38.5. The van der Waals surface area contributed by atoms with Crippen LogP contribution in [-0.2, 0) is 10.8 Å². The van der Waals surface area contributed by atoms with Gasteiger partial charge < -0.3 is 4.90 Å². The summed E-state index contributed by atoms with van der Waals surface area (Å²) in [4.78, 5) is 2.66. The molecular weight excluding hydrogens is 771 g/mol. The quantitative estimate of drug-likeness (QED) is 0.109. The van der Waals surface area contributed by atoms with E-state index in [9.17, 15) is 0 Å². The number of anilines is 2. The summed E-state index contributed by atoms with van der Waals surface area (Å²) in [5, 5.41) is 5.12. The standard InChI is InChI=1S/C63H51N/c1-2-3-4-19-40-63(46-24-7-5-8-25-46)57-33-16-13-30-52(57)53-37-36-48(43-59(53)63)64(60-35-21-34-58-61(60)54-31-14-15-32-56(54)62(58)38-17-6-18-39-62)47-26-20-23-44(41-47)55-42-45-22-9-10-27-49(45)50-28-11-12-29-51(50)55/h2-5,7-16,19-35,40-43H,1,6,17-18,36-39H2/b4-3-,40-19+. The molecule has 12 rings (SSSR count). The second-order valence-corrected chi connectivity index (χ2v) is 18.2. The number of fused-ring (bicyclic) bond motifs is 10. The van der Waals surface area contributed by atoms with Gasteiger partial charge in [0.05, 0.1) is 11.1 Å². The van der Waals surface area contributed by atoms with Gasteiger partial charge in [0, 0.05) is 22.4 Å². The number of hydrogen-bond acceptors (Lipinski definition) is 1. The molecule has 8 aromatic rings. The molecule has 1 nitrogen and oxygen atoms in total. The van der Waals surface area contributed by atoms with Gasteiger partial charge >= 0.3 is 0 Å². The fourth-order valence-electron chi connectivity index (χ4n) is 12.3. The van der Waals surface area contributed by atoms with Crippen LogP contribution in [0.4, 0.5) is 11.4 Å². The normalized spacial score (nSPS) is 18.3. The van der Waals surface area contributed by atoms with E-state index < -0.39 is 5.41 Å². The van der Waals surface area contributed by atoms with Gasteiger partial charge in [0.25, 0.3) is 0 Å². The molecule has 1 spiro atoms. The van der Waals surface area contributed by atoms with E-state index in [-0.39, 0.29) is 5.41 Å². The van der Waals surface area contributed by atoms with Crippen molar-refractivity contribution in [3.8, 4) is 22.3 Å². The van der Waals surface area contributed by atoms with Crippen LogP contribution in [0.2, 0.25) is 0 Å². The maximum absolute atomic E-state index is 3.97. The predicted octanol–water partition coefficient (Wildman–Crippen LogP) is 16.8. The summed E-state index contributed by atoms with van der Waals surface area (Å²) in [5.41, 5.74) is 18.5. The highest BCUT2D eigenvalue weighted by Gasteiger charge is 2.47. The largest absolute Gasteiger partial charge is 0.314 e. The van der Waals surface area contributed by atoms with Crippen molar-refractivity contribution in [2.24, 2.45) is 0 Å². The van der Waals surface area contributed by atoms with Gasteiger partial charge in [0.2, 0.25) is 0 Å². The average molecular weight is 822 g/mol. The maximum atomic E-state index is 3.97. The molecule has 1 fully saturated rings. The zero-order valence-corrected chi connectivity index (χ0v) is 36.3. The fraction of sp³-hybridized carbons (Fsp3) is 0.143. The smallest absolute Gasteiger partial charge is 0.0644 e. The highest BCUT2D eigenvalue weighted by Crippen LogP contribution is 2.60. The predicted molar refractivity (Wildman–Crippen MR) is 271 cm³/mol. The third kappa shape index (κ3) is 5.84. The fourth-order valence-corrected chi connectivity index (χ4v) is 12.3. The van der Waals surface area contributed by atoms with Gasteiger partial charge in [-0.25, -0.2) is 0 Å². The molecule has 64 heavy (non-hydrogen) atoms. The zero-order valence-electron chi connectivity index (χ0n) is 36.3. The molecule has 0 heterocycles. The van der Waals surface area contributed by atoms with E-state index in [4.69, 9.17) is 0 Å². The number of hydrogen-bond donors (Lipinski definition) is 0. The SMILES string of the molecule is C=C/C=C\C=C\C1(c2ccccc2)C2=C(CCC(N(c3cccc(-c4cc5ccccc5c5ccccc45)c3)c3cccc4c3-c3ccccc3C43CCCCC3)=C2)c2ccccc21. The molecule has 1 atom stereocenters. The maximum Gasteiger partial charge on any atom is 0.0644 e. The Morgan fingerprint density at radius 1 is 0.516 bits per heavy atom. The van der Waals surface area contributed by atoms with Crippen molar-refractivity contribution in [1.29, 1.82) is 0 Å². The van der Waals surface area contributed by atoms with Gasteiger partial charge in [-0.2, -0.15) is 0 Å². The molecule has 0 saturated heterocycles. The van der Waals surface area contributed by atoms with Crippen LogP contribution in [0, 0.1) is 0 Å². The van der Waals surface area contributed by atoms with Crippen molar-refractivity contribution in [3.63, 3.8) is 0 Å². The third-order valence-corrected chi connectivity index (χ3v) is 15.0. The first-order valence-corrected chi connectivity index (χ1v) is 23.3. The second kappa shape index (κ2) is 15.5. The number of rotatable bonds is 8. The summed E-state index contributed by atoms with van der Waals surface area (Å²) in [5.74, 6) is 0. The third-order valence-electron chi connectivity index (χ3n) is 15.0. The van der Waals surface area contributed by atoms with Crippen molar-refractivity contribution in [3.05, 3.63) is 258 Å². The van der Waals surface area contributed by atoms with Crippen molar-refractivity contribution < 1.29 is 0 Å². The van der Waals surface area contributed by atoms with Gasteiger partial charge in [-0.1, -0.05) is 208 Å². The van der Waals surface area contributed by atoms with E-state index in [0.29, 0.717) is 0 Å². The summed E-state index contributed by atoms with van der Waals surface area (Å²) < 4.78 is 0. The highest BCUT2D eigenvalue weighted by atomic mass is 15.2. The monoisotopic (exact) mass is 821 g/mol. The highest BCUT2D eigenvalue weighted by molar-refractivity contribution is 6.14. The van der Waals surface area contributed by atoms with Gasteiger partial charge in [-0.3, -0.25) is 0 Å². The Morgan fingerprint density at radius 2 is 1.22 bits per heavy atom. The van der Waals surface area contributed by atoms with Crippen molar-refractivity contribution in [2.75, 3.05) is 4.90 Å². The minimum Gasteiger partial charge on any atom is -0.314 e. The Kier molecular flexibility index (Phi) is 9.34. The van der Waals surface area contributed by atoms with Crippen LogP contribution >= 0.6 is 0 Å². The molecule has 1 saturated carbocycles. The van der Waals surface area contributed by atoms with Crippen molar-refractivity contribution in [1.82, 2.24) is 0 Å². The van der Waals surface area contributed by atoms with Crippen molar-refractivity contribution in [2.45, 2.75) is 55.8 Å². The first-order chi connectivity index (χ1) is 31.7. The number of allylic oxidation sites excluding steroid dienone is 9. The molecule has 0 N–H and O–H groups in total. The minimum atomic E-state index is -0.473. The van der Waals surface area contributed by atoms with Gasteiger partial charge in [0.15, 0.2) is 0 Å². The Balaban J connectivity index is 1.12. The lowest BCUT2D eigenvalue weighted by atomic mass is 9.68. The lowest BCUT2D eigenvalue weighted by Crippen LogP contribution is -2.28. The average Bonchev–Trinajstić information content (AvgIpc) is 3.80. The molecule has 0 aliphatic heterocycles. The zero-order chi connectivity index (χ0) is 42.7. The molecule has 1 unspecified atom stereocenters. The van der Waals surface area contributed by atoms with Crippen LogP contribution in [0.5, 0.6) is 0 Å².